The molecule has 0 aromatic heterocycles. The molecule has 4 nitrogen and oxygen atoms in total. The number of primary amides is 1. The van der Waals surface area contributed by atoms with Crippen LogP contribution in [0.3, 0.4) is 0 Å². The van der Waals surface area contributed by atoms with Gasteiger partial charge in [-0.1, -0.05) is 38.1 Å². The third-order valence-corrected chi connectivity index (χ3v) is 5.78. The van der Waals surface area contributed by atoms with Crippen LogP contribution < -0.4 is 16.4 Å². The van der Waals surface area contributed by atoms with Crippen molar-refractivity contribution in [3.63, 3.8) is 0 Å². The predicted octanol–water partition coefficient (Wildman–Crippen LogP) is 4.34. The van der Waals surface area contributed by atoms with Crippen LogP contribution in [0.4, 0.5) is 11.4 Å². The Bertz CT molecular complexity index is 735. The van der Waals surface area contributed by atoms with Gasteiger partial charge in [0.25, 0.3) is 0 Å². The maximum absolute atomic E-state index is 11.5. The van der Waals surface area contributed by atoms with Crippen LogP contribution in [0.2, 0.25) is 0 Å². The van der Waals surface area contributed by atoms with E-state index in [2.05, 4.69) is 73.0 Å². The van der Waals surface area contributed by atoms with Gasteiger partial charge in [-0.2, -0.15) is 0 Å². The molecule has 1 amide bonds. The Kier molecular flexibility index (Phi) is 6.51. The summed E-state index contributed by atoms with van der Waals surface area (Å²) in [6.07, 6.45) is 4.03. The van der Waals surface area contributed by atoms with Crippen LogP contribution in [0.1, 0.15) is 50.2 Å². The quantitative estimate of drug-likeness (QED) is 0.652. The van der Waals surface area contributed by atoms with Crippen LogP contribution in [0.15, 0.2) is 48.5 Å². The highest BCUT2D eigenvalue weighted by molar-refractivity contribution is 5.77. The summed E-state index contributed by atoms with van der Waals surface area (Å²) < 4.78 is 0. The summed E-state index contributed by atoms with van der Waals surface area (Å²) in [6.45, 7) is 5.36. The lowest BCUT2D eigenvalue weighted by Gasteiger charge is -2.17. The molecule has 1 saturated heterocycles. The van der Waals surface area contributed by atoms with Gasteiger partial charge >= 0.3 is 0 Å². The van der Waals surface area contributed by atoms with Crippen molar-refractivity contribution in [3.8, 4) is 0 Å². The predicted molar refractivity (Wildman–Crippen MR) is 112 cm³/mol. The molecule has 1 fully saturated rings. The highest BCUT2D eigenvalue weighted by Gasteiger charge is 2.30. The van der Waals surface area contributed by atoms with E-state index in [-0.39, 0.29) is 17.9 Å². The van der Waals surface area contributed by atoms with E-state index in [1.54, 1.807) is 0 Å². The summed E-state index contributed by atoms with van der Waals surface area (Å²) in [5.74, 6) is 0.392. The first-order valence-electron chi connectivity index (χ1n) is 10.1. The maximum Gasteiger partial charge on any atom is 0.222 e. The lowest BCUT2D eigenvalue weighted by atomic mass is 9.94. The Balaban J connectivity index is 1.60. The van der Waals surface area contributed by atoms with Crippen molar-refractivity contribution < 1.29 is 4.79 Å². The highest BCUT2D eigenvalue weighted by atomic mass is 16.1. The van der Waals surface area contributed by atoms with E-state index in [0.717, 1.165) is 30.8 Å². The van der Waals surface area contributed by atoms with Crippen LogP contribution in [0.25, 0.3) is 0 Å². The zero-order valence-electron chi connectivity index (χ0n) is 16.4. The molecule has 2 aromatic rings. The van der Waals surface area contributed by atoms with E-state index >= 15 is 0 Å². The van der Waals surface area contributed by atoms with Gasteiger partial charge in [0.2, 0.25) is 5.91 Å². The van der Waals surface area contributed by atoms with E-state index < -0.39 is 0 Å². The lowest BCUT2D eigenvalue weighted by Crippen LogP contribution is -2.36. The molecule has 4 N–H and O–H groups in total. The van der Waals surface area contributed by atoms with Gasteiger partial charge in [0.05, 0.1) is 5.92 Å². The number of benzene rings is 2. The number of carbonyl (C=O) groups is 1. The Labute approximate surface area is 162 Å². The molecular weight excluding hydrogens is 334 g/mol. The third kappa shape index (κ3) is 4.89. The van der Waals surface area contributed by atoms with Crippen LogP contribution in [-0.4, -0.2) is 18.5 Å². The number of hydrogen-bond donors (Lipinski definition) is 3. The van der Waals surface area contributed by atoms with E-state index in [9.17, 15) is 4.79 Å². The van der Waals surface area contributed by atoms with Gasteiger partial charge in [0.1, 0.15) is 0 Å². The summed E-state index contributed by atoms with van der Waals surface area (Å²) in [5.41, 5.74) is 10.3. The maximum atomic E-state index is 11.5. The first kappa shape index (κ1) is 19.4. The van der Waals surface area contributed by atoms with Crippen LogP contribution in [-0.2, 0) is 11.2 Å². The first-order chi connectivity index (χ1) is 13.1. The molecule has 144 valence electrons. The average molecular weight is 366 g/mol. The van der Waals surface area contributed by atoms with E-state index in [4.69, 9.17) is 5.73 Å². The molecule has 0 aliphatic carbocycles. The topological polar surface area (TPSA) is 67.2 Å². The minimum Gasteiger partial charge on any atom is -0.369 e. The Hall–Kier alpha value is -2.33. The highest BCUT2D eigenvalue weighted by Crippen LogP contribution is 2.26. The van der Waals surface area contributed by atoms with Gasteiger partial charge in [0.15, 0.2) is 0 Å². The molecule has 4 heteroatoms. The minimum atomic E-state index is -0.194. The van der Waals surface area contributed by atoms with Crippen molar-refractivity contribution in [3.05, 3.63) is 59.7 Å². The van der Waals surface area contributed by atoms with Crippen molar-refractivity contribution in [1.82, 2.24) is 5.32 Å². The van der Waals surface area contributed by atoms with E-state index in [0.29, 0.717) is 5.92 Å². The number of rotatable bonds is 8. The molecule has 1 aliphatic rings. The monoisotopic (exact) mass is 365 g/mol. The van der Waals surface area contributed by atoms with Crippen molar-refractivity contribution >= 4 is 17.3 Å². The van der Waals surface area contributed by atoms with Gasteiger partial charge in [-0.15, -0.1) is 0 Å². The van der Waals surface area contributed by atoms with Crippen LogP contribution in [0.5, 0.6) is 0 Å². The lowest BCUT2D eigenvalue weighted by molar-refractivity contribution is -0.122. The summed E-state index contributed by atoms with van der Waals surface area (Å²) in [5, 5.41) is 6.86. The third-order valence-electron chi connectivity index (χ3n) is 5.78. The molecule has 0 bridgehead atoms. The fourth-order valence-corrected chi connectivity index (χ4v) is 4.07. The molecule has 2 unspecified atom stereocenters. The van der Waals surface area contributed by atoms with Gasteiger partial charge < -0.3 is 16.4 Å². The molecule has 0 saturated carbocycles. The largest absolute Gasteiger partial charge is 0.369 e. The summed E-state index contributed by atoms with van der Waals surface area (Å²) in [4.78, 5) is 11.5. The van der Waals surface area contributed by atoms with Gasteiger partial charge in [-0.25, -0.2) is 0 Å². The molecule has 3 rings (SSSR count). The summed E-state index contributed by atoms with van der Waals surface area (Å²) in [7, 11) is 0. The standard InChI is InChI=1S/C23H31N3O/c1-3-17(4-2)18-7-11-20(12-8-18)26-19-9-5-16(6-10-19)15-22-21(23(24)27)13-14-25-22/h5-12,17,21-22,25-26H,3-4,13-15H2,1-2H3,(H2,24,27). The van der Waals surface area contributed by atoms with Crippen LogP contribution in [0, 0.1) is 5.92 Å². The molecule has 1 heterocycles. The molecule has 2 atom stereocenters. The second kappa shape index (κ2) is 9.05. The Morgan fingerprint density at radius 1 is 1.07 bits per heavy atom. The fraction of sp³-hybridized carbons (Fsp3) is 0.435. The zero-order valence-corrected chi connectivity index (χ0v) is 16.4. The summed E-state index contributed by atoms with van der Waals surface area (Å²) in [6, 6.07) is 17.4. The smallest absolute Gasteiger partial charge is 0.222 e. The number of amides is 1. The molecule has 0 radical (unpaired) electrons. The van der Waals surface area contributed by atoms with Crippen molar-refractivity contribution in [2.75, 3.05) is 11.9 Å². The molecule has 2 aromatic carbocycles. The van der Waals surface area contributed by atoms with Crippen molar-refractivity contribution in [2.24, 2.45) is 11.7 Å². The Morgan fingerprint density at radius 2 is 1.67 bits per heavy atom. The molecule has 1 aliphatic heterocycles. The number of nitrogens with one attached hydrogen (secondary N) is 2. The normalized spacial score (nSPS) is 19.4. The van der Waals surface area contributed by atoms with Crippen molar-refractivity contribution in [1.29, 1.82) is 0 Å². The molecule has 27 heavy (non-hydrogen) atoms. The van der Waals surface area contributed by atoms with Crippen LogP contribution >= 0.6 is 0 Å². The number of anilines is 2. The number of hydrogen-bond acceptors (Lipinski definition) is 3. The first-order valence-corrected chi connectivity index (χ1v) is 10.1. The zero-order chi connectivity index (χ0) is 19.2. The van der Waals surface area contributed by atoms with Crippen molar-refractivity contribution in [2.45, 2.75) is 51.5 Å². The second-order valence-corrected chi connectivity index (χ2v) is 7.52. The SMILES string of the molecule is CCC(CC)c1ccc(Nc2ccc(CC3NCCC3C(N)=O)cc2)cc1. The van der Waals surface area contributed by atoms with Gasteiger partial charge in [0, 0.05) is 17.4 Å². The second-order valence-electron chi connectivity index (χ2n) is 7.52. The van der Waals surface area contributed by atoms with Gasteiger partial charge in [-0.05, 0) is 73.5 Å². The average Bonchev–Trinajstić information content (AvgIpc) is 3.14. The Morgan fingerprint density at radius 3 is 2.22 bits per heavy atom. The fourth-order valence-electron chi connectivity index (χ4n) is 4.07. The van der Waals surface area contributed by atoms with Gasteiger partial charge in [-0.3, -0.25) is 4.79 Å². The van der Waals surface area contributed by atoms with E-state index in [1.165, 1.54) is 24.0 Å². The summed E-state index contributed by atoms with van der Waals surface area (Å²) >= 11 is 0. The molecule has 0 spiro atoms. The van der Waals surface area contributed by atoms with E-state index in [1.807, 2.05) is 0 Å². The number of nitrogens with two attached hydrogens (primary N) is 1. The number of carbonyl (C=O) groups excluding carboxylic acids is 1. The molecular formula is C23H31N3O. The minimum absolute atomic E-state index is 0.0589.